The molecule has 6 nitrogen and oxygen atoms in total. The number of hydrogen-bond acceptors (Lipinski definition) is 5. The molecule has 1 aliphatic heterocycles. The van der Waals surface area contributed by atoms with E-state index in [1.807, 2.05) is 0 Å². The number of halogens is 1. The maximum Gasteiger partial charge on any atom is 0.262 e. The van der Waals surface area contributed by atoms with Gasteiger partial charge in [0.2, 0.25) is 5.95 Å². The van der Waals surface area contributed by atoms with Crippen LogP contribution in [0.5, 0.6) is 5.75 Å². The highest BCUT2D eigenvalue weighted by atomic mass is 35.5. The third kappa shape index (κ3) is 4.58. The Labute approximate surface area is 145 Å². The Morgan fingerprint density at radius 2 is 1.79 bits per heavy atom. The Kier molecular flexibility index (Phi) is 5.48. The number of nitrogens with one attached hydrogen (secondary N) is 1. The van der Waals surface area contributed by atoms with Crippen LogP contribution in [0.2, 0.25) is 5.02 Å². The number of aromatic nitrogens is 2. The Morgan fingerprint density at radius 1 is 1.12 bits per heavy atom. The van der Waals surface area contributed by atoms with Gasteiger partial charge in [0.25, 0.3) is 5.91 Å². The molecule has 0 radical (unpaired) electrons. The number of hydrogen-bond donors (Lipinski definition) is 1. The molecule has 0 spiro atoms. The lowest BCUT2D eigenvalue weighted by Gasteiger charge is -2.26. The van der Waals surface area contributed by atoms with Crippen LogP contribution in [0.3, 0.4) is 0 Å². The number of nitrogens with zero attached hydrogens (tertiary/aromatic N) is 3. The Balaban J connectivity index is 1.49. The largest absolute Gasteiger partial charge is 0.484 e. The lowest BCUT2D eigenvalue weighted by atomic mass is 10.1. The van der Waals surface area contributed by atoms with Gasteiger partial charge in [0.15, 0.2) is 6.61 Å². The molecule has 0 unspecified atom stereocenters. The van der Waals surface area contributed by atoms with Crippen LogP contribution in [-0.2, 0) is 4.79 Å². The quantitative estimate of drug-likeness (QED) is 0.900. The second-order valence-electron chi connectivity index (χ2n) is 5.61. The predicted molar refractivity (Wildman–Crippen MR) is 93.7 cm³/mol. The summed E-state index contributed by atoms with van der Waals surface area (Å²) in [4.78, 5) is 22.7. The third-order valence-corrected chi connectivity index (χ3v) is 4.00. The van der Waals surface area contributed by atoms with E-state index in [0.29, 0.717) is 22.4 Å². The number of amides is 1. The summed E-state index contributed by atoms with van der Waals surface area (Å²) in [5.74, 6) is 1.04. The van der Waals surface area contributed by atoms with E-state index in [1.165, 1.54) is 19.3 Å². The van der Waals surface area contributed by atoms with E-state index >= 15 is 0 Å². The second-order valence-corrected chi connectivity index (χ2v) is 6.05. The van der Waals surface area contributed by atoms with Gasteiger partial charge >= 0.3 is 0 Å². The van der Waals surface area contributed by atoms with Crippen molar-refractivity contribution in [2.45, 2.75) is 19.3 Å². The lowest BCUT2D eigenvalue weighted by molar-refractivity contribution is -0.118. The molecule has 1 N–H and O–H groups in total. The fourth-order valence-electron chi connectivity index (χ4n) is 2.52. The molecule has 0 bridgehead atoms. The molecule has 1 aliphatic rings. The summed E-state index contributed by atoms with van der Waals surface area (Å²) >= 11 is 5.80. The summed E-state index contributed by atoms with van der Waals surface area (Å²) in [5, 5.41) is 3.34. The van der Waals surface area contributed by atoms with Gasteiger partial charge in [0, 0.05) is 18.1 Å². The number of rotatable bonds is 5. The number of benzene rings is 1. The fourth-order valence-corrected chi connectivity index (χ4v) is 2.65. The van der Waals surface area contributed by atoms with Crippen LogP contribution in [0.15, 0.2) is 36.7 Å². The fraction of sp³-hybridized carbons (Fsp3) is 0.353. The third-order valence-electron chi connectivity index (χ3n) is 3.74. The molecule has 1 aromatic carbocycles. The number of anilines is 2. The van der Waals surface area contributed by atoms with Crippen LogP contribution in [0.4, 0.5) is 11.6 Å². The van der Waals surface area contributed by atoms with Gasteiger partial charge < -0.3 is 15.0 Å². The van der Waals surface area contributed by atoms with Gasteiger partial charge in [-0.2, -0.15) is 0 Å². The van der Waals surface area contributed by atoms with Crippen molar-refractivity contribution in [3.63, 3.8) is 0 Å². The Bertz CT molecular complexity index is 670. The number of carbonyl (C=O) groups is 1. The molecule has 1 fully saturated rings. The first kappa shape index (κ1) is 16.5. The topological polar surface area (TPSA) is 67.3 Å². The number of carbonyl (C=O) groups excluding carboxylic acids is 1. The monoisotopic (exact) mass is 346 g/mol. The van der Waals surface area contributed by atoms with Gasteiger partial charge in [-0.25, -0.2) is 9.97 Å². The summed E-state index contributed by atoms with van der Waals surface area (Å²) in [6.07, 6.45) is 6.85. The summed E-state index contributed by atoms with van der Waals surface area (Å²) in [6.45, 7) is 1.89. The zero-order valence-corrected chi connectivity index (χ0v) is 14.0. The van der Waals surface area contributed by atoms with Crippen molar-refractivity contribution >= 4 is 29.1 Å². The molecule has 3 rings (SSSR count). The van der Waals surface area contributed by atoms with Gasteiger partial charge in [-0.3, -0.25) is 4.79 Å². The second kappa shape index (κ2) is 7.97. The normalized spacial score (nSPS) is 14.3. The molecule has 7 heteroatoms. The molecule has 1 aromatic heterocycles. The van der Waals surface area contributed by atoms with Crippen LogP contribution in [0, 0.1) is 0 Å². The van der Waals surface area contributed by atoms with E-state index in [4.69, 9.17) is 16.3 Å². The molecule has 126 valence electrons. The van der Waals surface area contributed by atoms with Crippen LogP contribution < -0.4 is 15.0 Å². The molecule has 2 heterocycles. The smallest absolute Gasteiger partial charge is 0.262 e. The number of ether oxygens (including phenoxy) is 1. The Hall–Kier alpha value is -2.34. The van der Waals surface area contributed by atoms with E-state index in [9.17, 15) is 4.79 Å². The first-order valence-electron chi connectivity index (χ1n) is 7.96. The van der Waals surface area contributed by atoms with E-state index < -0.39 is 0 Å². The summed E-state index contributed by atoms with van der Waals surface area (Å²) < 4.78 is 5.39. The average molecular weight is 347 g/mol. The van der Waals surface area contributed by atoms with Gasteiger partial charge in [-0.1, -0.05) is 11.6 Å². The molecule has 1 saturated heterocycles. The molecular formula is C17H19ClN4O2. The summed E-state index contributed by atoms with van der Waals surface area (Å²) in [5.41, 5.74) is 0.556. The van der Waals surface area contributed by atoms with Crippen LogP contribution in [-0.4, -0.2) is 35.6 Å². The average Bonchev–Trinajstić information content (AvgIpc) is 2.63. The van der Waals surface area contributed by atoms with Gasteiger partial charge in [0.1, 0.15) is 5.75 Å². The SMILES string of the molecule is O=C(COc1ccc(Cl)cc1)Nc1cnc(N2CCCCC2)nc1. The van der Waals surface area contributed by atoms with Crippen molar-refractivity contribution in [3.05, 3.63) is 41.7 Å². The van der Waals surface area contributed by atoms with Gasteiger partial charge in [-0.15, -0.1) is 0 Å². The van der Waals surface area contributed by atoms with E-state index in [0.717, 1.165) is 13.1 Å². The highest BCUT2D eigenvalue weighted by Gasteiger charge is 2.13. The molecular weight excluding hydrogens is 328 g/mol. The van der Waals surface area contributed by atoms with E-state index in [2.05, 4.69) is 20.2 Å². The van der Waals surface area contributed by atoms with Crippen molar-refractivity contribution in [3.8, 4) is 5.75 Å². The molecule has 0 saturated carbocycles. The van der Waals surface area contributed by atoms with Crippen molar-refractivity contribution in [1.29, 1.82) is 0 Å². The molecule has 0 aliphatic carbocycles. The Morgan fingerprint density at radius 3 is 2.46 bits per heavy atom. The lowest BCUT2D eigenvalue weighted by Crippen LogP contribution is -2.31. The first-order chi connectivity index (χ1) is 11.7. The maximum absolute atomic E-state index is 11.9. The first-order valence-corrected chi connectivity index (χ1v) is 8.34. The molecule has 2 aromatic rings. The maximum atomic E-state index is 11.9. The zero-order chi connectivity index (χ0) is 16.8. The van der Waals surface area contributed by atoms with E-state index in [-0.39, 0.29) is 12.5 Å². The van der Waals surface area contributed by atoms with Crippen molar-refractivity contribution < 1.29 is 9.53 Å². The molecule has 1 amide bonds. The van der Waals surface area contributed by atoms with Crippen molar-refractivity contribution in [1.82, 2.24) is 9.97 Å². The highest BCUT2D eigenvalue weighted by Crippen LogP contribution is 2.17. The standard InChI is InChI=1S/C17H19ClN4O2/c18-13-4-6-15(7-5-13)24-12-16(23)21-14-10-19-17(20-11-14)22-8-2-1-3-9-22/h4-7,10-11H,1-3,8-9,12H2,(H,21,23). The minimum Gasteiger partial charge on any atom is -0.484 e. The van der Waals surface area contributed by atoms with Crippen LogP contribution in [0.25, 0.3) is 0 Å². The minimum atomic E-state index is -0.265. The minimum absolute atomic E-state index is 0.0878. The van der Waals surface area contributed by atoms with Crippen molar-refractivity contribution in [2.24, 2.45) is 0 Å². The van der Waals surface area contributed by atoms with Crippen LogP contribution in [0.1, 0.15) is 19.3 Å². The number of piperidine rings is 1. The molecule has 24 heavy (non-hydrogen) atoms. The highest BCUT2D eigenvalue weighted by molar-refractivity contribution is 6.30. The van der Waals surface area contributed by atoms with Crippen molar-refractivity contribution in [2.75, 3.05) is 29.9 Å². The van der Waals surface area contributed by atoms with Gasteiger partial charge in [0.05, 0.1) is 18.1 Å². The van der Waals surface area contributed by atoms with Gasteiger partial charge in [-0.05, 0) is 43.5 Å². The van der Waals surface area contributed by atoms with Crippen LogP contribution >= 0.6 is 11.6 Å². The molecule has 0 atom stereocenters. The summed E-state index contributed by atoms with van der Waals surface area (Å²) in [6, 6.07) is 6.85. The predicted octanol–water partition coefficient (Wildman–Crippen LogP) is 3.14. The van der Waals surface area contributed by atoms with E-state index in [1.54, 1.807) is 36.7 Å². The zero-order valence-electron chi connectivity index (χ0n) is 13.2. The summed E-state index contributed by atoms with van der Waals surface area (Å²) in [7, 11) is 0.